The van der Waals surface area contributed by atoms with Gasteiger partial charge < -0.3 is 4.74 Å². The lowest BCUT2D eigenvalue weighted by Gasteiger charge is -2.12. The van der Waals surface area contributed by atoms with E-state index in [-0.39, 0.29) is 0 Å². The van der Waals surface area contributed by atoms with Crippen LogP contribution in [0, 0.1) is 3.57 Å². The second-order valence-corrected chi connectivity index (χ2v) is 4.85. The molecule has 15 heavy (non-hydrogen) atoms. The first-order valence-electron chi connectivity index (χ1n) is 5.50. The topological polar surface area (TPSA) is 27.1 Å². The van der Waals surface area contributed by atoms with E-state index < -0.39 is 0 Å². The fraction of sp³-hybridized carbons (Fsp3) is 0.727. The minimum Gasteiger partial charge on any atom is -0.372 e. The van der Waals surface area contributed by atoms with Gasteiger partial charge in [-0.05, 0) is 42.4 Å². The molecule has 1 rings (SSSR count). The smallest absolute Gasteiger partial charge is 0.0899 e. The summed E-state index contributed by atoms with van der Waals surface area (Å²) in [5, 5.41) is 4.34. The van der Waals surface area contributed by atoms with Crippen LogP contribution in [0.3, 0.4) is 0 Å². The molecule has 0 N–H and O–H groups in total. The van der Waals surface area contributed by atoms with Crippen molar-refractivity contribution < 1.29 is 4.74 Å². The van der Waals surface area contributed by atoms with E-state index in [1.54, 1.807) is 0 Å². The third-order valence-corrected chi connectivity index (χ3v) is 3.31. The Balaban J connectivity index is 2.61. The van der Waals surface area contributed by atoms with Gasteiger partial charge in [0.2, 0.25) is 0 Å². The molecule has 0 fully saturated rings. The molecular weight excluding hydrogens is 303 g/mol. The van der Waals surface area contributed by atoms with E-state index in [2.05, 4.69) is 48.5 Å². The molecule has 0 aliphatic carbocycles. The summed E-state index contributed by atoms with van der Waals surface area (Å²) in [4.78, 5) is 0. The van der Waals surface area contributed by atoms with E-state index in [0.717, 1.165) is 19.4 Å². The van der Waals surface area contributed by atoms with Crippen molar-refractivity contribution in [2.45, 2.75) is 52.9 Å². The number of ether oxygens (including phenoxy) is 1. The van der Waals surface area contributed by atoms with Crippen LogP contribution in [0.2, 0.25) is 0 Å². The molecule has 4 heteroatoms. The van der Waals surface area contributed by atoms with Crippen molar-refractivity contribution in [2.75, 3.05) is 0 Å². The summed E-state index contributed by atoms with van der Waals surface area (Å²) in [5.41, 5.74) is 1.21. The number of hydrogen-bond acceptors (Lipinski definition) is 2. The van der Waals surface area contributed by atoms with E-state index in [1.807, 2.05) is 10.9 Å². The van der Waals surface area contributed by atoms with Gasteiger partial charge in [0.1, 0.15) is 0 Å². The molecule has 1 unspecified atom stereocenters. The fourth-order valence-corrected chi connectivity index (χ4v) is 1.83. The third kappa shape index (κ3) is 3.75. The van der Waals surface area contributed by atoms with Crippen LogP contribution < -0.4 is 0 Å². The summed E-state index contributed by atoms with van der Waals surface area (Å²) in [6.45, 7) is 8.05. The molecule has 0 aromatic carbocycles. The van der Waals surface area contributed by atoms with E-state index in [4.69, 9.17) is 4.74 Å². The van der Waals surface area contributed by atoms with E-state index in [9.17, 15) is 0 Å². The maximum atomic E-state index is 5.74. The maximum absolute atomic E-state index is 5.74. The highest BCUT2D eigenvalue weighted by molar-refractivity contribution is 14.1. The zero-order valence-electron chi connectivity index (χ0n) is 9.66. The van der Waals surface area contributed by atoms with Crippen molar-refractivity contribution in [1.82, 2.24) is 9.78 Å². The average molecular weight is 322 g/mol. The minimum atomic E-state index is 0.325. The van der Waals surface area contributed by atoms with Gasteiger partial charge in [-0.2, -0.15) is 5.10 Å². The summed E-state index contributed by atoms with van der Waals surface area (Å²) >= 11 is 2.32. The number of hydrogen-bond donors (Lipinski definition) is 0. The minimum absolute atomic E-state index is 0.325. The molecule has 0 saturated heterocycles. The van der Waals surface area contributed by atoms with Gasteiger partial charge in [-0.25, -0.2) is 0 Å². The number of aryl methyl sites for hydroxylation is 1. The molecule has 1 aromatic rings. The highest BCUT2D eigenvalue weighted by atomic mass is 127. The van der Waals surface area contributed by atoms with Crippen molar-refractivity contribution in [2.24, 2.45) is 0 Å². The standard InChI is InChI=1S/C11H19IN2O/c1-4-6-14-11(10(12)7-13-14)8-15-9(3)5-2/h7,9H,4-6,8H2,1-3H3. The lowest BCUT2D eigenvalue weighted by atomic mass is 10.3. The third-order valence-electron chi connectivity index (χ3n) is 2.41. The van der Waals surface area contributed by atoms with Crippen LogP contribution in [-0.4, -0.2) is 15.9 Å². The Hall–Kier alpha value is -0.100. The normalized spacial score (nSPS) is 13.1. The fourth-order valence-electron chi connectivity index (χ4n) is 1.27. The Bertz CT molecular complexity index is 299. The summed E-state index contributed by atoms with van der Waals surface area (Å²) in [5.74, 6) is 0. The van der Waals surface area contributed by atoms with Gasteiger partial charge in [-0.3, -0.25) is 4.68 Å². The monoisotopic (exact) mass is 322 g/mol. The molecule has 1 atom stereocenters. The van der Waals surface area contributed by atoms with Gasteiger partial charge in [0.05, 0.1) is 28.2 Å². The molecular formula is C11H19IN2O. The van der Waals surface area contributed by atoms with Crippen LogP contribution in [0.5, 0.6) is 0 Å². The van der Waals surface area contributed by atoms with Gasteiger partial charge in [0, 0.05) is 6.54 Å². The number of halogens is 1. The quantitative estimate of drug-likeness (QED) is 0.752. The Morgan fingerprint density at radius 1 is 1.53 bits per heavy atom. The lowest BCUT2D eigenvalue weighted by Crippen LogP contribution is -2.11. The van der Waals surface area contributed by atoms with E-state index >= 15 is 0 Å². The summed E-state index contributed by atoms with van der Waals surface area (Å²) in [6, 6.07) is 0. The molecule has 1 heterocycles. The average Bonchev–Trinajstić information content (AvgIpc) is 2.57. The largest absolute Gasteiger partial charge is 0.372 e. The van der Waals surface area contributed by atoms with Gasteiger partial charge in [0.15, 0.2) is 0 Å². The Morgan fingerprint density at radius 2 is 2.27 bits per heavy atom. The lowest BCUT2D eigenvalue weighted by molar-refractivity contribution is 0.0462. The van der Waals surface area contributed by atoms with Crippen molar-refractivity contribution in [3.63, 3.8) is 0 Å². The van der Waals surface area contributed by atoms with Crippen molar-refractivity contribution in [3.8, 4) is 0 Å². The zero-order valence-corrected chi connectivity index (χ0v) is 11.8. The summed E-state index contributed by atoms with van der Waals surface area (Å²) in [7, 11) is 0. The number of nitrogens with zero attached hydrogens (tertiary/aromatic N) is 2. The first-order valence-corrected chi connectivity index (χ1v) is 6.58. The van der Waals surface area contributed by atoms with Crippen molar-refractivity contribution in [3.05, 3.63) is 15.5 Å². The molecule has 0 saturated carbocycles. The molecule has 0 amide bonds. The van der Waals surface area contributed by atoms with Gasteiger partial charge >= 0.3 is 0 Å². The highest BCUT2D eigenvalue weighted by Gasteiger charge is 2.09. The van der Waals surface area contributed by atoms with Crippen LogP contribution in [0.25, 0.3) is 0 Å². The predicted octanol–water partition coefficient (Wildman–Crippen LogP) is 3.21. The second kappa shape index (κ2) is 6.48. The zero-order chi connectivity index (χ0) is 11.3. The SMILES string of the molecule is CCCn1ncc(I)c1COC(C)CC. The number of rotatable bonds is 6. The van der Waals surface area contributed by atoms with Crippen LogP contribution in [0.4, 0.5) is 0 Å². The van der Waals surface area contributed by atoms with Crippen LogP contribution >= 0.6 is 22.6 Å². The first-order chi connectivity index (χ1) is 7.19. The molecule has 0 aliphatic rings. The summed E-state index contributed by atoms with van der Waals surface area (Å²) in [6.07, 6.45) is 4.39. The Kier molecular flexibility index (Phi) is 5.60. The molecule has 0 radical (unpaired) electrons. The first kappa shape index (κ1) is 13.0. The highest BCUT2D eigenvalue weighted by Crippen LogP contribution is 2.14. The van der Waals surface area contributed by atoms with Crippen LogP contribution in [-0.2, 0) is 17.9 Å². The molecule has 0 bridgehead atoms. The van der Waals surface area contributed by atoms with Gasteiger partial charge in [0.25, 0.3) is 0 Å². The summed E-state index contributed by atoms with van der Waals surface area (Å²) < 4.78 is 8.98. The van der Waals surface area contributed by atoms with Crippen LogP contribution in [0.1, 0.15) is 39.3 Å². The molecule has 86 valence electrons. The molecule has 0 aliphatic heterocycles. The Labute approximate surface area is 105 Å². The van der Waals surface area contributed by atoms with E-state index in [0.29, 0.717) is 12.7 Å². The van der Waals surface area contributed by atoms with E-state index in [1.165, 1.54) is 9.26 Å². The predicted molar refractivity (Wildman–Crippen MR) is 69.8 cm³/mol. The maximum Gasteiger partial charge on any atom is 0.0899 e. The van der Waals surface area contributed by atoms with Crippen molar-refractivity contribution >= 4 is 22.6 Å². The van der Waals surface area contributed by atoms with Gasteiger partial charge in [-0.15, -0.1) is 0 Å². The van der Waals surface area contributed by atoms with Crippen molar-refractivity contribution in [1.29, 1.82) is 0 Å². The Morgan fingerprint density at radius 3 is 2.87 bits per heavy atom. The number of aromatic nitrogens is 2. The molecule has 0 spiro atoms. The second-order valence-electron chi connectivity index (χ2n) is 3.69. The van der Waals surface area contributed by atoms with Crippen LogP contribution in [0.15, 0.2) is 6.20 Å². The van der Waals surface area contributed by atoms with Gasteiger partial charge in [-0.1, -0.05) is 13.8 Å². The molecule has 1 aromatic heterocycles. The molecule has 3 nitrogen and oxygen atoms in total.